The van der Waals surface area contributed by atoms with Crippen LogP contribution in [0, 0.1) is 0 Å². The summed E-state index contributed by atoms with van der Waals surface area (Å²) in [5.74, 6) is -6.69. The van der Waals surface area contributed by atoms with Gasteiger partial charge < -0.3 is 49.0 Å². The number of carboxylic acids is 1. The summed E-state index contributed by atoms with van der Waals surface area (Å²) in [5.41, 5.74) is 21.3. The van der Waals surface area contributed by atoms with Crippen molar-refractivity contribution in [1.82, 2.24) is 25.9 Å². The Morgan fingerprint density at radius 3 is 1.70 bits per heavy atom. The van der Waals surface area contributed by atoms with Crippen LogP contribution in [0.25, 0.3) is 0 Å². The standard InChI is InChI=1S/C20H31N9O8/c21-10(6-16(24)32)17(33)27-11(1-3-14(22)30)18(34)28-12(2-4-15(23)31)19(35)29-13(20(36)37)5-9-7-25-8-26-9/h7-8,10-13H,1-6,21H2,(H2,22,30)(H2,23,31)(H2,24,32)(H,25,26)(H,27,33)(H,28,34)(H,29,35)(H,36,37). The molecule has 0 bridgehead atoms. The summed E-state index contributed by atoms with van der Waals surface area (Å²) in [5, 5.41) is 16.3. The first-order valence-electron chi connectivity index (χ1n) is 11.0. The SMILES string of the molecule is NC(=O)CCC(NC(=O)C(N)CC(N)=O)C(=O)NC(CCC(N)=O)C(=O)NC(Cc1cnc[nH]1)C(=O)O. The average molecular weight is 526 g/mol. The number of aromatic amines is 1. The van der Waals surface area contributed by atoms with Gasteiger partial charge in [-0.3, -0.25) is 28.8 Å². The number of hydrogen-bond acceptors (Lipinski definition) is 9. The minimum Gasteiger partial charge on any atom is -0.480 e. The third-order valence-electron chi connectivity index (χ3n) is 4.98. The molecule has 0 aromatic carbocycles. The van der Waals surface area contributed by atoms with Gasteiger partial charge in [0.1, 0.15) is 18.1 Å². The van der Waals surface area contributed by atoms with Crippen LogP contribution in [0.4, 0.5) is 0 Å². The second kappa shape index (κ2) is 14.8. The van der Waals surface area contributed by atoms with E-state index in [1.54, 1.807) is 0 Å². The van der Waals surface area contributed by atoms with Crippen molar-refractivity contribution in [3.63, 3.8) is 0 Å². The van der Waals surface area contributed by atoms with Gasteiger partial charge in [0.05, 0.1) is 18.8 Å². The first-order chi connectivity index (χ1) is 17.3. The van der Waals surface area contributed by atoms with Gasteiger partial charge in [-0.2, -0.15) is 0 Å². The van der Waals surface area contributed by atoms with Gasteiger partial charge in [-0.1, -0.05) is 0 Å². The first kappa shape index (κ1) is 30.5. The van der Waals surface area contributed by atoms with Crippen LogP contribution in [0.15, 0.2) is 12.5 Å². The van der Waals surface area contributed by atoms with Crippen molar-refractivity contribution in [3.05, 3.63) is 18.2 Å². The Labute approximate surface area is 210 Å². The summed E-state index contributed by atoms with van der Waals surface area (Å²) >= 11 is 0. The van der Waals surface area contributed by atoms with Crippen molar-refractivity contribution in [3.8, 4) is 0 Å². The molecule has 0 aliphatic rings. The summed E-state index contributed by atoms with van der Waals surface area (Å²) in [4.78, 5) is 89.8. The molecule has 0 spiro atoms. The molecular formula is C20H31N9O8. The third kappa shape index (κ3) is 11.6. The minimum atomic E-state index is -1.45. The Morgan fingerprint density at radius 1 is 0.811 bits per heavy atom. The maximum Gasteiger partial charge on any atom is 0.326 e. The minimum absolute atomic E-state index is 0.160. The number of amides is 6. The molecule has 1 heterocycles. The van der Waals surface area contributed by atoms with E-state index in [-0.39, 0.29) is 32.1 Å². The summed E-state index contributed by atoms with van der Waals surface area (Å²) in [6.45, 7) is 0. The van der Waals surface area contributed by atoms with E-state index in [1.165, 1.54) is 12.5 Å². The quantitative estimate of drug-likeness (QED) is 0.0934. The molecule has 0 radical (unpaired) electrons. The van der Waals surface area contributed by atoms with Crippen molar-refractivity contribution in [2.75, 3.05) is 0 Å². The molecule has 17 nitrogen and oxygen atoms in total. The van der Waals surface area contributed by atoms with Gasteiger partial charge >= 0.3 is 5.97 Å². The molecule has 204 valence electrons. The second-order valence-electron chi connectivity index (χ2n) is 8.09. The van der Waals surface area contributed by atoms with Crippen molar-refractivity contribution in [2.45, 2.75) is 62.7 Å². The highest BCUT2D eigenvalue weighted by Crippen LogP contribution is 2.06. The lowest BCUT2D eigenvalue weighted by Crippen LogP contribution is -2.57. The first-order valence-corrected chi connectivity index (χ1v) is 11.0. The van der Waals surface area contributed by atoms with Crippen molar-refractivity contribution in [2.24, 2.45) is 22.9 Å². The highest BCUT2D eigenvalue weighted by atomic mass is 16.4. The van der Waals surface area contributed by atoms with Crippen molar-refractivity contribution < 1.29 is 38.7 Å². The van der Waals surface area contributed by atoms with Gasteiger partial charge in [0.15, 0.2) is 0 Å². The lowest BCUT2D eigenvalue weighted by molar-refractivity contribution is -0.142. The maximum absolute atomic E-state index is 12.9. The molecule has 4 atom stereocenters. The largest absolute Gasteiger partial charge is 0.480 e. The van der Waals surface area contributed by atoms with Crippen LogP contribution in [0.5, 0.6) is 0 Å². The Bertz CT molecular complexity index is 998. The van der Waals surface area contributed by atoms with E-state index < -0.39 is 72.0 Å². The molecular weight excluding hydrogens is 494 g/mol. The smallest absolute Gasteiger partial charge is 0.326 e. The maximum atomic E-state index is 12.9. The van der Waals surface area contributed by atoms with E-state index in [4.69, 9.17) is 22.9 Å². The number of carbonyl (C=O) groups excluding carboxylic acids is 6. The zero-order valence-electron chi connectivity index (χ0n) is 19.8. The molecule has 0 saturated carbocycles. The predicted molar refractivity (Wildman–Crippen MR) is 124 cm³/mol. The van der Waals surface area contributed by atoms with E-state index in [1.807, 2.05) is 0 Å². The number of hydrogen-bond donors (Lipinski definition) is 9. The molecule has 0 saturated heterocycles. The fourth-order valence-electron chi connectivity index (χ4n) is 3.06. The number of aromatic nitrogens is 2. The molecule has 0 fully saturated rings. The molecule has 6 amide bonds. The number of H-pyrrole nitrogens is 1. The molecule has 4 unspecified atom stereocenters. The van der Waals surface area contributed by atoms with Gasteiger partial charge in [0, 0.05) is 31.2 Å². The average Bonchev–Trinajstić information content (AvgIpc) is 3.30. The van der Waals surface area contributed by atoms with Gasteiger partial charge in [0.25, 0.3) is 0 Å². The highest BCUT2D eigenvalue weighted by molar-refractivity contribution is 5.95. The van der Waals surface area contributed by atoms with E-state index in [0.29, 0.717) is 5.69 Å². The molecule has 37 heavy (non-hydrogen) atoms. The number of nitrogens with two attached hydrogens (primary N) is 4. The monoisotopic (exact) mass is 525 g/mol. The van der Waals surface area contributed by atoms with E-state index in [9.17, 15) is 38.7 Å². The molecule has 1 rings (SSSR count). The van der Waals surface area contributed by atoms with E-state index >= 15 is 0 Å². The van der Waals surface area contributed by atoms with Crippen LogP contribution in [0.1, 0.15) is 37.8 Å². The second-order valence-corrected chi connectivity index (χ2v) is 8.09. The van der Waals surface area contributed by atoms with Crippen molar-refractivity contribution in [1.29, 1.82) is 0 Å². The molecule has 17 heteroatoms. The summed E-state index contributed by atoms with van der Waals surface area (Å²) < 4.78 is 0. The zero-order chi connectivity index (χ0) is 28.1. The van der Waals surface area contributed by atoms with Gasteiger partial charge in [-0.15, -0.1) is 0 Å². The highest BCUT2D eigenvalue weighted by Gasteiger charge is 2.31. The fourth-order valence-corrected chi connectivity index (χ4v) is 3.06. The number of nitrogens with one attached hydrogen (secondary N) is 4. The lowest BCUT2D eigenvalue weighted by atomic mass is 10.1. The molecule has 13 N–H and O–H groups in total. The normalized spacial score (nSPS) is 13.9. The van der Waals surface area contributed by atoms with Crippen molar-refractivity contribution >= 4 is 41.4 Å². The Kier molecular flexibility index (Phi) is 12.2. The Morgan fingerprint density at radius 2 is 1.30 bits per heavy atom. The zero-order valence-corrected chi connectivity index (χ0v) is 19.8. The van der Waals surface area contributed by atoms with Crippen LogP contribution in [0.3, 0.4) is 0 Å². The summed E-state index contributed by atoms with van der Waals surface area (Å²) in [6.07, 6.45) is 0.717. The predicted octanol–water partition coefficient (Wildman–Crippen LogP) is -4.78. The van der Waals surface area contributed by atoms with E-state index in [0.717, 1.165) is 0 Å². The number of aliphatic carboxylic acids is 1. The number of nitrogens with zero attached hydrogens (tertiary/aromatic N) is 1. The number of carbonyl (C=O) groups is 7. The molecule has 0 aliphatic heterocycles. The number of imidazole rings is 1. The number of rotatable bonds is 17. The van der Waals surface area contributed by atoms with Crippen LogP contribution in [-0.2, 0) is 40.0 Å². The Hall–Kier alpha value is -4.54. The third-order valence-corrected chi connectivity index (χ3v) is 4.98. The van der Waals surface area contributed by atoms with Crippen LogP contribution < -0.4 is 38.9 Å². The lowest BCUT2D eigenvalue weighted by Gasteiger charge is -2.25. The van der Waals surface area contributed by atoms with Gasteiger partial charge in [-0.25, -0.2) is 9.78 Å². The van der Waals surface area contributed by atoms with Crippen LogP contribution >= 0.6 is 0 Å². The molecule has 1 aromatic heterocycles. The van der Waals surface area contributed by atoms with Crippen LogP contribution in [0.2, 0.25) is 0 Å². The Balaban J connectivity index is 3.04. The fraction of sp³-hybridized carbons (Fsp3) is 0.500. The summed E-state index contributed by atoms with van der Waals surface area (Å²) in [6, 6.07) is -5.69. The number of carboxylic acid groups (broad SMARTS) is 1. The van der Waals surface area contributed by atoms with E-state index in [2.05, 4.69) is 25.9 Å². The molecule has 1 aromatic rings. The topological polar surface area (TPSA) is 309 Å². The van der Waals surface area contributed by atoms with Gasteiger partial charge in [-0.05, 0) is 12.8 Å². The van der Waals surface area contributed by atoms with Gasteiger partial charge in [0.2, 0.25) is 35.4 Å². The molecule has 0 aliphatic carbocycles. The summed E-state index contributed by atoms with van der Waals surface area (Å²) in [7, 11) is 0. The number of primary amides is 3. The van der Waals surface area contributed by atoms with Crippen LogP contribution in [-0.4, -0.2) is 80.7 Å².